The van der Waals surface area contributed by atoms with Crippen molar-refractivity contribution in [2.75, 3.05) is 6.61 Å². The summed E-state index contributed by atoms with van der Waals surface area (Å²) in [6.45, 7) is 0.417. The number of ether oxygens (including phenoxy) is 1. The van der Waals surface area contributed by atoms with Crippen LogP contribution in [-0.2, 0) is 13.0 Å². The number of fused-ring (bicyclic) bond motifs is 1. The molecule has 0 aromatic carbocycles. The van der Waals surface area contributed by atoms with Crippen LogP contribution < -0.4 is 4.74 Å². The molecule has 12 heteroatoms. The van der Waals surface area contributed by atoms with Crippen LogP contribution in [0.2, 0.25) is 5.02 Å². The average molecular weight is 447 g/mol. The van der Waals surface area contributed by atoms with E-state index in [-0.39, 0.29) is 17.3 Å². The third-order valence-corrected chi connectivity index (χ3v) is 4.48. The predicted molar refractivity (Wildman–Crippen MR) is 98.7 cm³/mol. The van der Waals surface area contributed by atoms with Gasteiger partial charge in [-0.2, -0.15) is 13.9 Å². The Morgan fingerprint density at radius 3 is 2.70 bits per heavy atom. The van der Waals surface area contributed by atoms with E-state index in [1.54, 1.807) is 10.7 Å². The van der Waals surface area contributed by atoms with Gasteiger partial charge in [-0.05, 0) is 24.1 Å². The monoisotopic (exact) mass is 446 g/mol. The molecule has 0 unspecified atom stereocenters. The van der Waals surface area contributed by atoms with Gasteiger partial charge >= 0.3 is 18.3 Å². The summed E-state index contributed by atoms with van der Waals surface area (Å²) in [7, 11) is 0. The topological polar surface area (TPSA) is 90.1 Å². The molecule has 0 amide bonds. The summed E-state index contributed by atoms with van der Waals surface area (Å²) in [6, 6.07) is 2.97. The van der Waals surface area contributed by atoms with Crippen molar-refractivity contribution in [2.24, 2.45) is 0 Å². The molecule has 0 atom stereocenters. The number of pyridine rings is 2. The molecule has 3 heterocycles. The molecule has 0 spiro atoms. The van der Waals surface area contributed by atoms with Crippen LogP contribution in [0.4, 0.5) is 17.6 Å². The minimum atomic E-state index is -4.33. The molecule has 0 aliphatic carbocycles. The second kappa shape index (κ2) is 8.42. The Balaban J connectivity index is 1.87. The van der Waals surface area contributed by atoms with Gasteiger partial charge < -0.3 is 9.84 Å². The fourth-order valence-corrected chi connectivity index (χ4v) is 3.09. The van der Waals surface area contributed by atoms with Crippen LogP contribution in [-0.4, -0.2) is 49.8 Å². The summed E-state index contributed by atoms with van der Waals surface area (Å²) in [4.78, 5) is 19.2. The zero-order chi connectivity index (χ0) is 22.1. The lowest BCUT2D eigenvalue weighted by molar-refractivity contribution is -0.148. The normalized spacial score (nSPS) is 12.0. The summed E-state index contributed by atoms with van der Waals surface area (Å²) >= 11 is 5.99. The highest BCUT2D eigenvalue weighted by Crippen LogP contribution is 2.28. The smallest absolute Gasteiger partial charge is 0.355 e. The van der Waals surface area contributed by atoms with Gasteiger partial charge in [-0.15, -0.1) is 0 Å². The number of aryl methyl sites for hydroxylation is 1. The molecule has 0 aliphatic rings. The first-order valence-corrected chi connectivity index (χ1v) is 9.02. The summed E-state index contributed by atoms with van der Waals surface area (Å²) in [6.07, 6.45) is -0.776. The number of nitrogens with zero attached hydrogens (tertiary/aromatic N) is 4. The quantitative estimate of drug-likeness (QED) is 0.525. The second-order valence-electron chi connectivity index (χ2n) is 6.30. The van der Waals surface area contributed by atoms with Crippen LogP contribution in [0.25, 0.3) is 10.9 Å². The Morgan fingerprint density at radius 1 is 1.37 bits per heavy atom. The third-order valence-electron chi connectivity index (χ3n) is 4.21. The molecule has 3 aromatic rings. The summed E-state index contributed by atoms with van der Waals surface area (Å²) in [5.41, 5.74) is 1.48. The molecule has 0 bridgehead atoms. The Hall–Kier alpha value is -2.95. The van der Waals surface area contributed by atoms with Crippen molar-refractivity contribution in [1.82, 2.24) is 19.7 Å². The van der Waals surface area contributed by atoms with E-state index in [4.69, 9.17) is 11.6 Å². The van der Waals surface area contributed by atoms with Crippen LogP contribution >= 0.6 is 11.6 Å². The number of alkyl halides is 4. The maximum absolute atomic E-state index is 13.0. The molecule has 1 N–H and O–H groups in total. The first-order valence-electron chi connectivity index (χ1n) is 8.65. The number of carbonyl (C=O) groups is 1. The van der Waals surface area contributed by atoms with Crippen molar-refractivity contribution in [1.29, 1.82) is 0 Å². The highest BCUT2D eigenvalue weighted by Gasteiger charge is 2.42. The average Bonchev–Trinajstić information content (AvgIpc) is 3.03. The van der Waals surface area contributed by atoms with Crippen molar-refractivity contribution in [2.45, 2.75) is 32.2 Å². The minimum Gasteiger partial charge on any atom is -0.476 e. The zero-order valence-electron chi connectivity index (χ0n) is 15.5. The van der Waals surface area contributed by atoms with Gasteiger partial charge in [0.05, 0.1) is 17.4 Å². The maximum Gasteiger partial charge on any atom is 0.355 e. The van der Waals surface area contributed by atoms with Gasteiger partial charge in [-0.3, -0.25) is 4.68 Å². The molecule has 30 heavy (non-hydrogen) atoms. The largest absolute Gasteiger partial charge is 0.476 e. The molecule has 3 aromatic heterocycles. The number of aromatic carboxylic acids is 1. The van der Waals surface area contributed by atoms with Crippen LogP contribution in [0, 0.1) is 0 Å². The zero-order valence-corrected chi connectivity index (χ0v) is 16.2. The van der Waals surface area contributed by atoms with E-state index in [0.29, 0.717) is 28.6 Å². The number of carboxylic acid groups (broad SMARTS) is 1. The Morgan fingerprint density at radius 2 is 2.10 bits per heavy atom. The number of halogens is 5. The van der Waals surface area contributed by atoms with E-state index < -0.39 is 30.8 Å². The molecular weight excluding hydrogens is 432 g/mol. The molecule has 7 nitrogen and oxygen atoms in total. The molecule has 0 saturated heterocycles. The summed E-state index contributed by atoms with van der Waals surface area (Å²) in [5, 5.41) is 14.0. The van der Waals surface area contributed by atoms with E-state index in [1.165, 1.54) is 18.5 Å². The van der Waals surface area contributed by atoms with Crippen molar-refractivity contribution < 1.29 is 32.2 Å². The van der Waals surface area contributed by atoms with Crippen LogP contribution in [0.3, 0.4) is 0 Å². The Kier molecular flexibility index (Phi) is 6.11. The first-order chi connectivity index (χ1) is 14.1. The number of carboxylic acids is 1. The molecule has 160 valence electrons. The maximum atomic E-state index is 13.0. The van der Waals surface area contributed by atoms with Gasteiger partial charge in [0.15, 0.2) is 12.3 Å². The van der Waals surface area contributed by atoms with Gasteiger partial charge in [0.25, 0.3) is 0 Å². The fourth-order valence-electron chi connectivity index (χ4n) is 2.85. The predicted octanol–water partition coefficient (Wildman–Crippen LogP) is 4.07. The van der Waals surface area contributed by atoms with Gasteiger partial charge in [-0.25, -0.2) is 23.5 Å². The number of hydrogen-bond donors (Lipinski definition) is 1. The summed E-state index contributed by atoms with van der Waals surface area (Å²) < 4.78 is 56.7. The molecule has 0 saturated carbocycles. The van der Waals surface area contributed by atoms with Crippen molar-refractivity contribution >= 4 is 28.5 Å². The van der Waals surface area contributed by atoms with Crippen LogP contribution in [0.15, 0.2) is 24.5 Å². The summed E-state index contributed by atoms with van der Waals surface area (Å²) in [5.74, 6) is -5.91. The second-order valence-corrected chi connectivity index (χ2v) is 6.70. The lowest BCUT2D eigenvalue weighted by Crippen LogP contribution is -2.34. The molecule has 0 radical (unpaired) electrons. The number of aromatic nitrogens is 4. The highest BCUT2D eigenvalue weighted by molar-refractivity contribution is 6.31. The standard InChI is InChI=1S/C18H15ClF4N4O3/c1-2-12-13-11(3-4-24-14(13)16(28)29)26-27(12)7-9-5-10(19)15(25-6-9)30-8-18(22,23)17(20)21/h3-6,17H,2,7-8H2,1H3,(H,28,29). The van der Waals surface area contributed by atoms with Crippen molar-refractivity contribution in [3.63, 3.8) is 0 Å². The lowest BCUT2D eigenvalue weighted by atomic mass is 10.1. The van der Waals surface area contributed by atoms with E-state index in [1.807, 2.05) is 6.92 Å². The number of hydrogen-bond acceptors (Lipinski definition) is 5. The van der Waals surface area contributed by atoms with Crippen molar-refractivity contribution in [3.8, 4) is 5.88 Å². The fraction of sp³-hybridized carbons (Fsp3) is 0.333. The first kappa shape index (κ1) is 21.8. The SMILES string of the molecule is CCc1c2c(C(=O)O)nccc2nn1Cc1cnc(OCC(F)(F)C(F)F)c(Cl)c1. The van der Waals surface area contributed by atoms with E-state index in [0.717, 1.165) is 0 Å². The third kappa shape index (κ3) is 4.30. The van der Waals surface area contributed by atoms with Gasteiger partial charge in [0, 0.05) is 18.1 Å². The van der Waals surface area contributed by atoms with E-state index in [2.05, 4.69) is 19.8 Å². The molecular formula is C18H15ClF4N4O3. The van der Waals surface area contributed by atoms with Gasteiger partial charge in [0.2, 0.25) is 5.88 Å². The molecule has 3 rings (SSSR count). The van der Waals surface area contributed by atoms with Gasteiger partial charge in [0.1, 0.15) is 5.02 Å². The van der Waals surface area contributed by atoms with Crippen molar-refractivity contribution in [3.05, 3.63) is 46.5 Å². The minimum absolute atomic E-state index is 0.115. The van der Waals surface area contributed by atoms with Gasteiger partial charge in [-0.1, -0.05) is 18.5 Å². The van der Waals surface area contributed by atoms with Crippen LogP contribution in [0.5, 0.6) is 5.88 Å². The highest BCUT2D eigenvalue weighted by atomic mass is 35.5. The Bertz CT molecular complexity index is 1090. The van der Waals surface area contributed by atoms with E-state index >= 15 is 0 Å². The lowest BCUT2D eigenvalue weighted by Gasteiger charge is -2.16. The van der Waals surface area contributed by atoms with Crippen LogP contribution in [0.1, 0.15) is 28.7 Å². The molecule has 0 aliphatic heterocycles. The van der Waals surface area contributed by atoms with E-state index in [9.17, 15) is 27.5 Å². The molecule has 0 fully saturated rings. The Labute approximate surface area is 172 Å². The number of rotatable bonds is 8.